The van der Waals surface area contributed by atoms with Gasteiger partial charge in [0.1, 0.15) is 0 Å². The molecule has 2 aromatic rings. The molecule has 1 N–H and O–H groups in total. The predicted octanol–water partition coefficient (Wildman–Crippen LogP) is 3.95. The number of likely N-dealkylation sites (tertiary alicyclic amines) is 2. The Morgan fingerprint density at radius 2 is 2.00 bits per heavy atom. The number of nitrogens with zero attached hydrogens (tertiary/aromatic N) is 4. The van der Waals surface area contributed by atoms with Gasteiger partial charge in [0.2, 0.25) is 0 Å². The minimum atomic E-state index is 0.0825. The molecule has 7 heteroatoms. The molecule has 0 saturated carbocycles. The number of urea groups is 1. The van der Waals surface area contributed by atoms with Crippen LogP contribution in [0.15, 0.2) is 34.9 Å². The molecule has 1 unspecified atom stereocenters. The molecule has 4 rings (SSSR count). The lowest BCUT2D eigenvalue weighted by Gasteiger charge is -2.39. The summed E-state index contributed by atoms with van der Waals surface area (Å²) in [6, 6.07) is 10.1. The lowest BCUT2D eigenvalue weighted by atomic mass is 9.76. The molecule has 0 bridgehead atoms. The highest BCUT2D eigenvalue weighted by atomic mass is 16.5. The van der Waals surface area contributed by atoms with Gasteiger partial charge >= 0.3 is 6.03 Å². The van der Waals surface area contributed by atoms with Crippen molar-refractivity contribution in [2.75, 3.05) is 33.2 Å². The molecule has 1 aromatic carbocycles. The summed E-state index contributed by atoms with van der Waals surface area (Å²) in [5, 5.41) is 7.36. The van der Waals surface area contributed by atoms with Crippen molar-refractivity contribution in [1.82, 2.24) is 25.3 Å². The molecule has 2 amide bonds. The summed E-state index contributed by atoms with van der Waals surface area (Å²) in [4.78, 5) is 21.4. The van der Waals surface area contributed by atoms with Crippen molar-refractivity contribution in [2.45, 2.75) is 45.6 Å². The number of hydrogen-bond acceptors (Lipinski definition) is 5. The molecule has 30 heavy (non-hydrogen) atoms. The molecule has 0 aliphatic carbocycles. The molecule has 2 fully saturated rings. The highest BCUT2D eigenvalue weighted by molar-refractivity contribution is 5.74. The Hall–Kier alpha value is -2.41. The van der Waals surface area contributed by atoms with E-state index in [9.17, 15) is 4.79 Å². The third-order valence-corrected chi connectivity index (χ3v) is 6.61. The SMILES string of the molecule is CC(C)CCNC(=O)N1CCC2(CC1)CC(c1noc(-c3ccccc3)n1)N(C)C2. The Bertz CT molecular complexity index is 842. The van der Waals surface area contributed by atoms with Crippen LogP contribution in [0.1, 0.15) is 51.4 Å². The maximum atomic E-state index is 12.4. The Balaban J connectivity index is 1.35. The van der Waals surface area contributed by atoms with Gasteiger partial charge in [0, 0.05) is 31.7 Å². The van der Waals surface area contributed by atoms with Gasteiger partial charge in [-0.3, -0.25) is 4.90 Å². The predicted molar refractivity (Wildman–Crippen MR) is 116 cm³/mol. The summed E-state index contributed by atoms with van der Waals surface area (Å²) >= 11 is 0. The van der Waals surface area contributed by atoms with E-state index in [1.54, 1.807) is 0 Å². The average molecular weight is 412 g/mol. The summed E-state index contributed by atoms with van der Waals surface area (Å²) in [6.45, 7) is 7.75. The van der Waals surface area contributed by atoms with Crippen LogP contribution in [0.25, 0.3) is 11.5 Å². The van der Waals surface area contributed by atoms with E-state index in [4.69, 9.17) is 4.52 Å². The molecule has 3 heterocycles. The number of benzene rings is 1. The summed E-state index contributed by atoms with van der Waals surface area (Å²) in [5.41, 5.74) is 1.17. The van der Waals surface area contributed by atoms with Gasteiger partial charge in [-0.2, -0.15) is 4.98 Å². The molecule has 1 atom stereocenters. The molecule has 2 aliphatic heterocycles. The van der Waals surface area contributed by atoms with Gasteiger partial charge in [-0.05, 0) is 56.2 Å². The average Bonchev–Trinajstić information content (AvgIpc) is 3.34. The first kappa shape index (κ1) is 20.8. The van der Waals surface area contributed by atoms with Crippen molar-refractivity contribution >= 4 is 6.03 Å². The Morgan fingerprint density at radius 1 is 1.27 bits per heavy atom. The lowest BCUT2D eigenvalue weighted by molar-refractivity contribution is 0.122. The van der Waals surface area contributed by atoms with Crippen LogP contribution in [0, 0.1) is 11.3 Å². The van der Waals surface area contributed by atoms with E-state index in [-0.39, 0.29) is 17.5 Å². The number of hydrogen-bond donors (Lipinski definition) is 1. The quantitative estimate of drug-likeness (QED) is 0.806. The van der Waals surface area contributed by atoms with Crippen LogP contribution < -0.4 is 5.32 Å². The van der Waals surface area contributed by atoms with Gasteiger partial charge in [0.15, 0.2) is 5.82 Å². The number of rotatable bonds is 5. The third kappa shape index (κ3) is 4.51. The first-order valence-electron chi connectivity index (χ1n) is 11.1. The van der Waals surface area contributed by atoms with E-state index in [0.29, 0.717) is 11.8 Å². The fourth-order valence-corrected chi connectivity index (χ4v) is 4.75. The number of amides is 2. The van der Waals surface area contributed by atoms with Gasteiger partial charge in [-0.25, -0.2) is 4.79 Å². The topological polar surface area (TPSA) is 74.5 Å². The molecule has 2 saturated heterocycles. The monoisotopic (exact) mass is 411 g/mol. The zero-order valence-corrected chi connectivity index (χ0v) is 18.3. The van der Waals surface area contributed by atoms with Gasteiger partial charge in [0.05, 0.1) is 6.04 Å². The van der Waals surface area contributed by atoms with Crippen LogP contribution in [-0.4, -0.2) is 59.2 Å². The maximum absolute atomic E-state index is 12.4. The Morgan fingerprint density at radius 3 is 2.70 bits per heavy atom. The summed E-state index contributed by atoms with van der Waals surface area (Å²) in [7, 11) is 2.14. The number of aromatic nitrogens is 2. The van der Waals surface area contributed by atoms with E-state index >= 15 is 0 Å². The fraction of sp³-hybridized carbons (Fsp3) is 0.609. The van der Waals surface area contributed by atoms with Crippen LogP contribution in [0.4, 0.5) is 4.79 Å². The zero-order valence-electron chi connectivity index (χ0n) is 18.3. The number of carbonyl (C=O) groups excluding carboxylic acids is 1. The first-order valence-corrected chi connectivity index (χ1v) is 11.1. The van der Waals surface area contributed by atoms with Gasteiger partial charge in [-0.1, -0.05) is 37.2 Å². The molecular weight excluding hydrogens is 378 g/mol. The minimum absolute atomic E-state index is 0.0825. The van der Waals surface area contributed by atoms with E-state index in [2.05, 4.69) is 41.3 Å². The van der Waals surface area contributed by atoms with E-state index < -0.39 is 0 Å². The maximum Gasteiger partial charge on any atom is 0.317 e. The summed E-state index contributed by atoms with van der Waals surface area (Å²) < 4.78 is 5.54. The van der Waals surface area contributed by atoms with E-state index in [1.807, 2.05) is 35.2 Å². The number of piperidine rings is 1. The molecule has 7 nitrogen and oxygen atoms in total. The van der Waals surface area contributed by atoms with Gasteiger partial charge < -0.3 is 14.7 Å². The smallest absolute Gasteiger partial charge is 0.317 e. The second kappa shape index (κ2) is 8.76. The van der Waals surface area contributed by atoms with Crippen molar-refractivity contribution in [1.29, 1.82) is 0 Å². The van der Waals surface area contributed by atoms with Gasteiger partial charge in [-0.15, -0.1) is 0 Å². The third-order valence-electron chi connectivity index (χ3n) is 6.61. The van der Waals surface area contributed by atoms with E-state index in [0.717, 1.165) is 63.3 Å². The molecule has 162 valence electrons. The van der Waals surface area contributed by atoms with Gasteiger partial charge in [0.25, 0.3) is 5.89 Å². The highest BCUT2D eigenvalue weighted by Gasteiger charge is 2.46. The van der Waals surface area contributed by atoms with Crippen molar-refractivity contribution in [3.05, 3.63) is 36.2 Å². The second-order valence-electron chi connectivity index (χ2n) is 9.36. The molecule has 1 spiro atoms. The van der Waals surface area contributed by atoms with Crippen LogP contribution in [0.2, 0.25) is 0 Å². The van der Waals surface area contributed by atoms with Crippen molar-refractivity contribution in [3.8, 4) is 11.5 Å². The Labute approximate surface area is 178 Å². The summed E-state index contributed by atoms with van der Waals surface area (Å²) in [6.07, 6.45) is 4.08. The molecule has 2 aliphatic rings. The van der Waals surface area contributed by atoms with Crippen LogP contribution in [0.3, 0.4) is 0 Å². The Kier molecular flexibility index (Phi) is 6.09. The van der Waals surface area contributed by atoms with Crippen LogP contribution in [-0.2, 0) is 0 Å². The largest absolute Gasteiger partial charge is 0.338 e. The van der Waals surface area contributed by atoms with Crippen LogP contribution in [0.5, 0.6) is 0 Å². The van der Waals surface area contributed by atoms with Crippen molar-refractivity contribution in [3.63, 3.8) is 0 Å². The highest BCUT2D eigenvalue weighted by Crippen LogP contribution is 2.47. The zero-order chi connectivity index (χ0) is 21.1. The van der Waals surface area contributed by atoms with Crippen molar-refractivity contribution < 1.29 is 9.32 Å². The molecule has 1 aromatic heterocycles. The summed E-state index contributed by atoms with van der Waals surface area (Å²) in [5.74, 6) is 1.95. The van der Waals surface area contributed by atoms with Crippen molar-refractivity contribution in [2.24, 2.45) is 11.3 Å². The van der Waals surface area contributed by atoms with Crippen LogP contribution >= 0.6 is 0 Å². The second-order valence-corrected chi connectivity index (χ2v) is 9.36. The standard InChI is InChI=1S/C23H33N5O2/c1-17(2)9-12-24-22(29)28-13-10-23(11-14-28)15-19(27(3)16-23)20-25-21(30-26-20)18-7-5-4-6-8-18/h4-8,17,19H,9-16H2,1-3H3,(H,24,29). The number of carbonyl (C=O) groups is 1. The molecular formula is C23H33N5O2. The molecule has 0 radical (unpaired) electrons. The normalized spacial score (nSPS) is 21.5. The number of nitrogens with one attached hydrogen (secondary N) is 1. The van der Waals surface area contributed by atoms with E-state index in [1.165, 1.54) is 0 Å². The minimum Gasteiger partial charge on any atom is -0.338 e. The lowest BCUT2D eigenvalue weighted by Crippen LogP contribution is -2.48. The fourth-order valence-electron chi connectivity index (χ4n) is 4.75. The first-order chi connectivity index (χ1) is 14.5.